The number of aromatic nitrogens is 2. The molecule has 2 aliphatic heterocycles. The number of piperidine rings is 1. The number of hydrogen-bond acceptors (Lipinski definition) is 7. The molecule has 0 atom stereocenters. The average molecular weight is 482 g/mol. The molecule has 3 heterocycles. The summed E-state index contributed by atoms with van der Waals surface area (Å²) in [6.07, 6.45) is 2.70. The SMILES string of the molecule is NCCCC(=O)N1CCC(c2[nH]nc3c2C(=O)c2c(NC(=O)NN4CCOCC4)cccc2-3)CC1. The second kappa shape index (κ2) is 10.1. The minimum absolute atomic E-state index is 0.115. The minimum Gasteiger partial charge on any atom is -0.379 e. The predicted octanol–water partition coefficient (Wildman–Crippen LogP) is 1.43. The summed E-state index contributed by atoms with van der Waals surface area (Å²) < 4.78 is 5.30. The van der Waals surface area contributed by atoms with E-state index in [1.54, 1.807) is 11.1 Å². The monoisotopic (exact) mass is 481 g/mol. The van der Waals surface area contributed by atoms with Gasteiger partial charge in [-0.1, -0.05) is 12.1 Å². The van der Waals surface area contributed by atoms with Gasteiger partial charge in [0.2, 0.25) is 5.91 Å². The van der Waals surface area contributed by atoms with Crippen LogP contribution in [0.1, 0.15) is 53.2 Å². The van der Waals surface area contributed by atoms with Crippen molar-refractivity contribution in [3.63, 3.8) is 0 Å². The van der Waals surface area contributed by atoms with Gasteiger partial charge in [0.25, 0.3) is 0 Å². The maximum Gasteiger partial charge on any atom is 0.333 e. The van der Waals surface area contributed by atoms with Crippen LogP contribution >= 0.6 is 0 Å². The van der Waals surface area contributed by atoms with E-state index in [0.29, 0.717) is 86.9 Å². The molecule has 0 unspecified atom stereocenters. The molecular formula is C24H31N7O4. The number of fused-ring (bicyclic) bond motifs is 3. The van der Waals surface area contributed by atoms with E-state index >= 15 is 0 Å². The van der Waals surface area contributed by atoms with Crippen molar-refractivity contribution in [3.8, 4) is 11.3 Å². The first kappa shape index (κ1) is 23.5. The third-order valence-corrected chi connectivity index (χ3v) is 6.94. The molecule has 1 aliphatic carbocycles. The Bertz CT molecular complexity index is 1120. The molecule has 186 valence electrons. The molecule has 2 saturated heterocycles. The van der Waals surface area contributed by atoms with Crippen molar-refractivity contribution in [3.05, 3.63) is 35.0 Å². The standard InChI is InChI=1S/C24H31N7O4/c25-8-2-5-18(32)30-9-6-15(7-10-30)21-20-22(28-27-21)16-3-1-4-17(19(16)23(20)33)26-24(34)29-31-11-13-35-14-12-31/h1,3-4,15H,2,5-14,25H2,(H,27,28)(H2,26,29,34). The van der Waals surface area contributed by atoms with E-state index in [1.165, 1.54) is 0 Å². The largest absolute Gasteiger partial charge is 0.379 e. The maximum atomic E-state index is 13.6. The highest BCUT2D eigenvalue weighted by Gasteiger charge is 2.37. The molecule has 1 aromatic heterocycles. The second-order valence-corrected chi connectivity index (χ2v) is 9.13. The van der Waals surface area contributed by atoms with E-state index in [9.17, 15) is 14.4 Å². The second-order valence-electron chi connectivity index (χ2n) is 9.13. The fourth-order valence-corrected chi connectivity index (χ4v) is 5.10. The van der Waals surface area contributed by atoms with Crippen LogP contribution in [0.2, 0.25) is 0 Å². The lowest BCUT2D eigenvalue weighted by molar-refractivity contribution is -0.132. The molecule has 5 rings (SSSR count). The molecule has 0 radical (unpaired) electrons. The number of hydrogen-bond donors (Lipinski definition) is 4. The first-order valence-corrected chi connectivity index (χ1v) is 12.2. The molecule has 35 heavy (non-hydrogen) atoms. The highest BCUT2D eigenvalue weighted by Crippen LogP contribution is 2.43. The van der Waals surface area contributed by atoms with Gasteiger partial charge in [-0.3, -0.25) is 20.1 Å². The number of aromatic amines is 1. The lowest BCUT2D eigenvalue weighted by atomic mass is 9.90. The number of anilines is 1. The van der Waals surface area contributed by atoms with Crippen LogP contribution in [0, 0.1) is 0 Å². The third kappa shape index (κ3) is 4.66. The van der Waals surface area contributed by atoms with Crippen LogP contribution in [0.25, 0.3) is 11.3 Å². The lowest BCUT2D eigenvalue weighted by Crippen LogP contribution is -2.49. The Labute approximate surface area is 203 Å². The van der Waals surface area contributed by atoms with Crippen molar-refractivity contribution < 1.29 is 19.1 Å². The normalized spacial score (nSPS) is 18.3. The molecule has 11 heteroatoms. The summed E-state index contributed by atoms with van der Waals surface area (Å²) in [5.41, 5.74) is 12.0. The van der Waals surface area contributed by atoms with Crippen LogP contribution < -0.4 is 16.5 Å². The van der Waals surface area contributed by atoms with Gasteiger partial charge in [-0.15, -0.1) is 0 Å². The van der Waals surface area contributed by atoms with E-state index in [2.05, 4.69) is 20.9 Å². The van der Waals surface area contributed by atoms with Crippen LogP contribution in [0.15, 0.2) is 18.2 Å². The molecule has 0 saturated carbocycles. The number of benzene rings is 1. The van der Waals surface area contributed by atoms with Crippen LogP contribution in [0.5, 0.6) is 0 Å². The number of H-pyrrole nitrogens is 1. The summed E-state index contributed by atoms with van der Waals surface area (Å²) >= 11 is 0. The van der Waals surface area contributed by atoms with Crippen LogP contribution in [0.4, 0.5) is 10.5 Å². The Balaban J connectivity index is 1.29. The van der Waals surface area contributed by atoms with Gasteiger partial charge in [0.05, 0.1) is 35.7 Å². The number of nitrogens with zero attached hydrogens (tertiary/aromatic N) is 3. The van der Waals surface area contributed by atoms with E-state index < -0.39 is 6.03 Å². The van der Waals surface area contributed by atoms with Crippen molar-refractivity contribution in [2.75, 3.05) is 51.3 Å². The number of ketones is 1. The van der Waals surface area contributed by atoms with Gasteiger partial charge in [0.15, 0.2) is 5.78 Å². The first-order chi connectivity index (χ1) is 17.1. The molecule has 2 aromatic rings. The molecule has 2 fully saturated rings. The van der Waals surface area contributed by atoms with Gasteiger partial charge in [-0.05, 0) is 31.9 Å². The number of urea groups is 1. The summed E-state index contributed by atoms with van der Waals surface area (Å²) in [4.78, 5) is 40.4. The fraction of sp³-hybridized carbons (Fsp3) is 0.500. The Kier molecular flexibility index (Phi) is 6.80. The summed E-state index contributed by atoms with van der Waals surface area (Å²) in [5, 5.41) is 12.2. The molecule has 3 amide bonds. The summed E-state index contributed by atoms with van der Waals surface area (Å²) in [6.45, 7) is 4.14. The number of rotatable bonds is 6. The number of hydrazine groups is 1. The van der Waals surface area contributed by atoms with E-state index in [0.717, 1.165) is 18.5 Å². The smallest absolute Gasteiger partial charge is 0.333 e. The minimum atomic E-state index is -0.397. The quantitative estimate of drug-likeness (QED) is 0.417. The predicted molar refractivity (Wildman–Crippen MR) is 129 cm³/mol. The topological polar surface area (TPSA) is 146 Å². The van der Waals surface area contributed by atoms with Crippen LogP contribution in [0.3, 0.4) is 0 Å². The Hall–Kier alpha value is -3.28. The Morgan fingerprint density at radius 3 is 2.66 bits per heavy atom. The summed E-state index contributed by atoms with van der Waals surface area (Å²) in [5.74, 6) is 0.116. The van der Waals surface area contributed by atoms with Crippen molar-refractivity contribution >= 4 is 23.4 Å². The van der Waals surface area contributed by atoms with Crippen molar-refractivity contribution in [1.29, 1.82) is 0 Å². The van der Waals surface area contributed by atoms with E-state index in [4.69, 9.17) is 10.5 Å². The number of likely N-dealkylation sites (tertiary alicyclic amines) is 1. The Morgan fingerprint density at radius 1 is 1.14 bits per heavy atom. The number of carbonyl (C=O) groups excluding carboxylic acids is 3. The van der Waals surface area contributed by atoms with Crippen molar-refractivity contribution in [1.82, 2.24) is 25.5 Å². The molecule has 3 aliphatic rings. The number of amides is 3. The molecule has 0 spiro atoms. The summed E-state index contributed by atoms with van der Waals surface area (Å²) in [6, 6.07) is 5.00. The maximum absolute atomic E-state index is 13.6. The molecule has 0 bridgehead atoms. The highest BCUT2D eigenvalue weighted by molar-refractivity contribution is 6.25. The number of ether oxygens (including phenoxy) is 1. The zero-order valence-corrected chi connectivity index (χ0v) is 19.6. The molecular weight excluding hydrogens is 450 g/mol. The van der Waals surface area contributed by atoms with Gasteiger partial charge in [-0.25, -0.2) is 9.80 Å². The van der Waals surface area contributed by atoms with E-state index in [1.807, 2.05) is 17.0 Å². The van der Waals surface area contributed by atoms with Crippen molar-refractivity contribution in [2.45, 2.75) is 31.6 Å². The van der Waals surface area contributed by atoms with Gasteiger partial charge >= 0.3 is 6.03 Å². The van der Waals surface area contributed by atoms with Crippen molar-refractivity contribution in [2.24, 2.45) is 5.73 Å². The zero-order chi connectivity index (χ0) is 24.4. The van der Waals surface area contributed by atoms with E-state index in [-0.39, 0.29) is 17.6 Å². The van der Waals surface area contributed by atoms with Gasteiger partial charge < -0.3 is 20.7 Å². The van der Waals surface area contributed by atoms with Crippen LogP contribution in [-0.4, -0.2) is 83.8 Å². The highest BCUT2D eigenvalue weighted by atomic mass is 16.5. The number of carbonyl (C=O) groups is 3. The van der Waals surface area contributed by atoms with Gasteiger partial charge in [0.1, 0.15) is 5.69 Å². The molecule has 5 N–H and O–H groups in total. The number of morpholine rings is 1. The number of nitrogens with one attached hydrogen (secondary N) is 3. The molecule has 1 aromatic carbocycles. The van der Waals surface area contributed by atoms with Crippen LogP contribution in [-0.2, 0) is 9.53 Å². The van der Waals surface area contributed by atoms with Gasteiger partial charge in [0, 0.05) is 44.1 Å². The summed E-state index contributed by atoms with van der Waals surface area (Å²) in [7, 11) is 0. The first-order valence-electron chi connectivity index (χ1n) is 12.2. The van der Waals surface area contributed by atoms with Gasteiger partial charge in [-0.2, -0.15) is 5.10 Å². The molecule has 11 nitrogen and oxygen atoms in total. The Morgan fingerprint density at radius 2 is 1.91 bits per heavy atom. The average Bonchev–Trinajstić information content (AvgIpc) is 3.43. The lowest BCUT2D eigenvalue weighted by Gasteiger charge is -2.32. The third-order valence-electron chi connectivity index (χ3n) is 6.94. The fourth-order valence-electron chi connectivity index (χ4n) is 5.10. The zero-order valence-electron chi connectivity index (χ0n) is 19.6. The number of nitrogens with two attached hydrogens (primary N) is 1.